The fraction of sp³-hybridized carbons (Fsp3) is 0.818. The summed E-state index contributed by atoms with van der Waals surface area (Å²) in [6.07, 6.45) is 5.62. The monoisotopic (exact) mass is 235 g/mol. The third-order valence-electron chi connectivity index (χ3n) is 4.14. The molecule has 3 atom stereocenters. The summed E-state index contributed by atoms with van der Waals surface area (Å²) in [7, 11) is 0. The second kappa shape index (κ2) is 4.43. The topological polar surface area (TPSA) is 83.6 Å². The third kappa shape index (κ3) is 2.30. The number of fused-ring (bicyclic) bond motifs is 1. The van der Waals surface area contributed by atoms with E-state index in [-0.39, 0.29) is 12.3 Å². The van der Waals surface area contributed by atoms with Crippen LogP contribution in [-0.4, -0.2) is 33.1 Å². The standard InChI is InChI=1S/C11H17N5O/c17-11(5-10-13-15-16-14-10)12-6-7-3-8-1-2-9(8)4-7/h7-9H,1-6H2,(H,12,17)(H,13,14,15,16)/t7?,8-,9+. The molecule has 0 spiro atoms. The van der Waals surface area contributed by atoms with Gasteiger partial charge in [0.25, 0.3) is 0 Å². The summed E-state index contributed by atoms with van der Waals surface area (Å²) in [5.74, 6) is 3.03. The minimum atomic E-state index is -0.00866. The first-order valence-electron chi connectivity index (χ1n) is 6.30. The van der Waals surface area contributed by atoms with Crippen molar-refractivity contribution in [3.8, 4) is 0 Å². The number of carbonyl (C=O) groups excluding carboxylic acids is 1. The Morgan fingerprint density at radius 1 is 1.35 bits per heavy atom. The summed E-state index contributed by atoms with van der Waals surface area (Å²) in [6.45, 7) is 0.809. The molecule has 1 unspecified atom stereocenters. The van der Waals surface area contributed by atoms with Crippen LogP contribution in [0.4, 0.5) is 0 Å². The molecule has 2 aliphatic carbocycles. The predicted molar refractivity (Wildman–Crippen MR) is 59.8 cm³/mol. The number of nitrogens with one attached hydrogen (secondary N) is 2. The maximum absolute atomic E-state index is 11.6. The van der Waals surface area contributed by atoms with Crippen LogP contribution in [0, 0.1) is 17.8 Å². The molecule has 1 aromatic heterocycles. The van der Waals surface area contributed by atoms with Crippen LogP contribution in [-0.2, 0) is 11.2 Å². The van der Waals surface area contributed by atoms with Crippen LogP contribution in [0.2, 0.25) is 0 Å². The van der Waals surface area contributed by atoms with E-state index >= 15 is 0 Å². The number of hydrogen-bond donors (Lipinski definition) is 2. The van der Waals surface area contributed by atoms with Crippen LogP contribution in [0.15, 0.2) is 0 Å². The van der Waals surface area contributed by atoms with Gasteiger partial charge in [-0.3, -0.25) is 4.79 Å². The Hall–Kier alpha value is -1.46. The minimum Gasteiger partial charge on any atom is -0.355 e. The third-order valence-corrected chi connectivity index (χ3v) is 4.14. The van der Waals surface area contributed by atoms with Crippen molar-refractivity contribution >= 4 is 5.91 Å². The number of H-pyrrole nitrogens is 1. The van der Waals surface area contributed by atoms with Crippen LogP contribution < -0.4 is 5.32 Å². The lowest BCUT2D eigenvalue weighted by molar-refractivity contribution is -0.120. The zero-order valence-electron chi connectivity index (χ0n) is 9.72. The second-order valence-corrected chi connectivity index (χ2v) is 5.24. The van der Waals surface area contributed by atoms with Crippen molar-refractivity contribution in [2.75, 3.05) is 6.54 Å². The lowest BCUT2D eigenvalue weighted by Crippen LogP contribution is -2.30. The van der Waals surface area contributed by atoms with Gasteiger partial charge < -0.3 is 5.32 Å². The van der Waals surface area contributed by atoms with Crippen molar-refractivity contribution in [2.45, 2.75) is 32.1 Å². The summed E-state index contributed by atoms with van der Waals surface area (Å²) < 4.78 is 0. The number of amides is 1. The molecule has 1 aromatic rings. The molecule has 92 valence electrons. The average molecular weight is 235 g/mol. The summed E-state index contributed by atoms with van der Waals surface area (Å²) >= 11 is 0. The molecule has 2 fully saturated rings. The molecule has 1 amide bonds. The largest absolute Gasteiger partial charge is 0.355 e. The van der Waals surface area contributed by atoms with Gasteiger partial charge >= 0.3 is 0 Å². The van der Waals surface area contributed by atoms with Gasteiger partial charge in [0, 0.05) is 6.54 Å². The minimum absolute atomic E-state index is 0.00866. The molecule has 0 radical (unpaired) electrons. The zero-order valence-corrected chi connectivity index (χ0v) is 9.72. The summed E-state index contributed by atoms with van der Waals surface area (Å²) in [6, 6.07) is 0. The molecule has 6 heteroatoms. The van der Waals surface area contributed by atoms with Gasteiger partial charge in [0.05, 0.1) is 6.42 Å². The van der Waals surface area contributed by atoms with Gasteiger partial charge in [0.15, 0.2) is 5.82 Å². The van der Waals surface area contributed by atoms with E-state index < -0.39 is 0 Å². The van der Waals surface area contributed by atoms with Crippen LogP contribution >= 0.6 is 0 Å². The Labute approximate surface area is 99.6 Å². The number of rotatable bonds is 4. The second-order valence-electron chi connectivity index (χ2n) is 5.24. The van der Waals surface area contributed by atoms with Gasteiger partial charge in [0.2, 0.25) is 5.91 Å². The highest BCUT2D eigenvalue weighted by Crippen LogP contribution is 2.49. The van der Waals surface area contributed by atoms with Gasteiger partial charge in [0.1, 0.15) is 0 Å². The van der Waals surface area contributed by atoms with Gasteiger partial charge in [-0.1, -0.05) is 5.21 Å². The first kappa shape index (κ1) is 10.7. The molecular formula is C11H17N5O. The van der Waals surface area contributed by atoms with E-state index in [1.54, 1.807) is 0 Å². The zero-order chi connectivity index (χ0) is 11.7. The number of nitrogens with zero attached hydrogens (tertiary/aromatic N) is 3. The van der Waals surface area contributed by atoms with E-state index in [2.05, 4.69) is 25.9 Å². The highest BCUT2D eigenvalue weighted by atomic mass is 16.1. The van der Waals surface area contributed by atoms with E-state index in [9.17, 15) is 4.79 Å². The molecule has 2 saturated carbocycles. The van der Waals surface area contributed by atoms with Crippen molar-refractivity contribution in [3.05, 3.63) is 5.82 Å². The molecule has 0 bridgehead atoms. The van der Waals surface area contributed by atoms with Gasteiger partial charge in [-0.15, -0.1) is 10.2 Å². The highest BCUT2D eigenvalue weighted by Gasteiger charge is 2.39. The fourth-order valence-corrected chi connectivity index (χ4v) is 3.10. The quantitative estimate of drug-likeness (QED) is 0.786. The van der Waals surface area contributed by atoms with Gasteiger partial charge in [-0.05, 0) is 43.4 Å². The average Bonchev–Trinajstić information content (AvgIpc) is 2.87. The number of aromatic nitrogens is 4. The number of tetrazole rings is 1. The molecule has 3 rings (SSSR count). The Morgan fingerprint density at radius 3 is 2.71 bits per heavy atom. The lowest BCUT2D eigenvalue weighted by Gasteiger charge is -2.29. The molecule has 6 nitrogen and oxygen atoms in total. The molecule has 17 heavy (non-hydrogen) atoms. The maximum Gasteiger partial charge on any atom is 0.227 e. The van der Waals surface area contributed by atoms with Crippen molar-refractivity contribution < 1.29 is 4.79 Å². The van der Waals surface area contributed by atoms with E-state index in [1.807, 2.05) is 0 Å². The summed E-state index contributed by atoms with van der Waals surface area (Å²) in [4.78, 5) is 11.6. The molecule has 0 aliphatic heterocycles. The van der Waals surface area contributed by atoms with Crippen molar-refractivity contribution in [1.82, 2.24) is 25.9 Å². The lowest BCUT2D eigenvalue weighted by atomic mass is 9.77. The normalized spacial score (nSPS) is 30.7. The number of aromatic amines is 1. The van der Waals surface area contributed by atoms with Crippen LogP contribution in [0.1, 0.15) is 31.5 Å². The fourth-order valence-electron chi connectivity index (χ4n) is 3.10. The first-order chi connectivity index (χ1) is 8.31. The van der Waals surface area contributed by atoms with E-state index in [1.165, 1.54) is 25.7 Å². The van der Waals surface area contributed by atoms with E-state index in [0.717, 1.165) is 18.4 Å². The van der Waals surface area contributed by atoms with Gasteiger partial charge in [-0.25, -0.2) is 0 Å². The van der Waals surface area contributed by atoms with Crippen molar-refractivity contribution in [1.29, 1.82) is 0 Å². The Morgan fingerprint density at radius 2 is 2.12 bits per heavy atom. The Bertz CT molecular complexity index is 379. The highest BCUT2D eigenvalue weighted by molar-refractivity contribution is 5.77. The molecule has 0 saturated heterocycles. The first-order valence-corrected chi connectivity index (χ1v) is 6.30. The van der Waals surface area contributed by atoms with Crippen LogP contribution in [0.5, 0.6) is 0 Å². The van der Waals surface area contributed by atoms with E-state index in [0.29, 0.717) is 11.7 Å². The molecular weight excluding hydrogens is 218 g/mol. The Balaban J connectivity index is 1.40. The number of hydrogen-bond acceptors (Lipinski definition) is 4. The van der Waals surface area contributed by atoms with E-state index in [4.69, 9.17) is 0 Å². The molecule has 0 aromatic carbocycles. The van der Waals surface area contributed by atoms with Gasteiger partial charge in [-0.2, -0.15) is 5.21 Å². The molecule has 2 N–H and O–H groups in total. The molecule has 2 aliphatic rings. The number of carbonyl (C=O) groups is 1. The van der Waals surface area contributed by atoms with Crippen molar-refractivity contribution in [2.24, 2.45) is 17.8 Å². The van der Waals surface area contributed by atoms with Crippen LogP contribution in [0.3, 0.4) is 0 Å². The SMILES string of the molecule is O=C(Cc1nn[nH]n1)NCC1C[C@H]2CC[C@H]2C1. The smallest absolute Gasteiger partial charge is 0.227 e. The Kier molecular flexibility index (Phi) is 2.78. The maximum atomic E-state index is 11.6. The van der Waals surface area contributed by atoms with Crippen molar-refractivity contribution in [3.63, 3.8) is 0 Å². The summed E-state index contributed by atoms with van der Waals surface area (Å²) in [5.41, 5.74) is 0. The predicted octanol–water partition coefficient (Wildman–Crippen LogP) is 0.295. The van der Waals surface area contributed by atoms with Crippen LogP contribution in [0.25, 0.3) is 0 Å². The molecule has 1 heterocycles. The summed E-state index contributed by atoms with van der Waals surface area (Å²) in [5, 5.41) is 16.3.